The normalized spacial score (nSPS) is 9.88. The molecule has 0 aromatic heterocycles. The van der Waals surface area contributed by atoms with Crippen LogP contribution in [0.1, 0.15) is 10.4 Å². The Labute approximate surface area is 94.4 Å². The van der Waals surface area contributed by atoms with E-state index in [2.05, 4.69) is 10.6 Å². The first-order valence-electron chi connectivity index (χ1n) is 4.99. The number of nitrogens with one attached hydrogen (secondary N) is 2. The predicted molar refractivity (Wildman–Crippen MR) is 60.9 cm³/mol. The molecule has 16 heavy (non-hydrogen) atoms. The van der Waals surface area contributed by atoms with Crippen molar-refractivity contribution in [1.82, 2.24) is 10.6 Å². The summed E-state index contributed by atoms with van der Waals surface area (Å²) < 4.78 is 4.98. The van der Waals surface area contributed by atoms with Crippen molar-refractivity contribution in [2.24, 2.45) is 0 Å². The lowest BCUT2D eigenvalue weighted by Gasteiger charge is -2.08. The summed E-state index contributed by atoms with van der Waals surface area (Å²) in [5.41, 5.74) is 0.218. The second kappa shape index (κ2) is 5.97. The average molecular weight is 224 g/mol. The van der Waals surface area contributed by atoms with E-state index >= 15 is 0 Å². The van der Waals surface area contributed by atoms with Crippen LogP contribution in [-0.2, 0) is 0 Å². The van der Waals surface area contributed by atoms with E-state index in [1.807, 2.05) is 0 Å². The van der Waals surface area contributed by atoms with Gasteiger partial charge in [-0.15, -0.1) is 0 Å². The van der Waals surface area contributed by atoms with Crippen LogP contribution in [0.4, 0.5) is 0 Å². The number of phenolic OH excluding ortho intramolecular Hbond substituents is 1. The maximum Gasteiger partial charge on any atom is 0.255 e. The van der Waals surface area contributed by atoms with Crippen molar-refractivity contribution in [3.8, 4) is 11.5 Å². The molecule has 5 nitrogen and oxygen atoms in total. The molecule has 1 aromatic rings. The van der Waals surface area contributed by atoms with Gasteiger partial charge in [0.2, 0.25) is 0 Å². The molecule has 0 heterocycles. The highest BCUT2D eigenvalue weighted by molar-refractivity contribution is 5.97. The van der Waals surface area contributed by atoms with Crippen LogP contribution in [0.5, 0.6) is 11.5 Å². The van der Waals surface area contributed by atoms with Crippen molar-refractivity contribution >= 4 is 5.91 Å². The number of hydrogen-bond donors (Lipinski definition) is 3. The molecule has 0 aliphatic rings. The third-order valence-corrected chi connectivity index (χ3v) is 2.11. The van der Waals surface area contributed by atoms with Gasteiger partial charge < -0.3 is 20.5 Å². The van der Waals surface area contributed by atoms with Crippen LogP contribution >= 0.6 is 0 Å². The van der Waals surface area contributed by atoms with Crippen LogP contribution in [0.25, 0.3) is 0 Å². The Kier molecular flexibility index (Phi) is 4.60. The standard InChI is InChI=1S/C11H16N2O3/c1-12-5-6-13-11(15)9-7-8(16-2)3-4-10(9)14/h3-4,7,12,14H,5-6H2,1-2H3,(H,13,15). The van der Waals surface area contributed by atoms with Gasteiger partial charge in [0.05, 0.1) is 12.7 Å². The fourth-order valence-corrected chi connectivity index (χ4v) is 1.22. The van der Waals surface area contributed by atoms with E-state index in [0.717, 1.165) is 0 Å². The van der Waals surface area contributed by atoms with Crippen molar-refractivity contribution in [3.63, 3.8) is 0 Å². The summed E-state index contributed by atoms with van der Waals surface area (Å²) in [4.78, 5) is 11.7. The largest absolute Gasteiger partial charge is 0.507 e. The van der Waals surface area contributed by atoms with E-state index in [0.29, 0.717) is 18.8 Å². The fraction of sp³-hybridized carbons (Fsp3) is 0.364. The molecular weight excluding hydrogens is 208 g/mol. The van der Waals surface area contributed by atoms with Crippen molar-refractivity contribution in [1.29, 1.82) is 0 Å². The van der Waals surface area contributed by atoms with Gasteiger partial charge >= 0.3 is 0 Å². The van der Waals surface area contributed by atoms with Gasteiger partial charge in [-0.2, -0.15) is 0 Å². The molecule has 0 radical (unpaired) electrons. The fourth-order valence-electron chi connectivity index (χ4n) is 1.22. The lowest BCUT2D eigenvalue weighted by atomic mass is 10.2. The molecule has 3 N–H and O–H groups in total. The molecule has 5 heteroatoms. The van der Waals surface area contributed by atoms with Gasteiger partial charge in [0.15, 0.2) is 0 Å². The quantitative estimate of drug-likeness (QED) is 0.631. The van der Waals surface area contributed by atoms with Crippen LogP contribution in [0, 0.1) is 0 Å². The van der Waals surface area contributed by atoms with Crippen molar-refractivity contribution < 1.29 is 14.6 Å². The maximum absolute atomic E-state index is 11.7. The number of ether oxygens (including phenoxy) is 1. The van der Waals surface area contributed by atoms with Crippen LogP contribution < -0.4 is 15.4 Å². The molecule has 0 fully saturated rings. The Morgan fingerprint density at radius 1 is 1.44 bits per heavy atom. The predicted octanol–water partition coefficient (Wildman–Crippen LogP) is 0.350. The van der Waals surface area contributed by atoms with Gasteiger partial charge in [-0.3, -0.25) is 4.79 Å². The number of aromatic hydroxyl groups is 1. The minimum atomic E-state index is -0.313. The number of carbonyl (C=O) groups is 1. The minimum Gasteiger partial charge on any atom is -0.507 e. The molecule has 0 spiro atoms. The topological polar surface area (TPSA) is 70.6 Å². The molecule has 0 aliphatic carbocycles. The Morgan fingerprint density at radius 3 is 2.81 bits per heavy atom. The average Bonchev–Trinajstić information content (AvgIpc) is 2.30. The lowest BCUT2D eigenvalue weighted by molar-refractivity contribution is 0.0951. The van der Waals surface area contributed by atoms with E-state index in [1.165, 1.54) is 19.2 Å². The van der Waals surface area contributed by atoms with Crippen molar-refractivity contribution in [2.75, 3.05) is 27.2 Å². The molecule has 0 saturated heterocycles. The van der Waals surface area contributed by atoms with E-state index in [-0.39, 0.29) is 17.2 Å². The van der Waals surface area contributed by atoms with E-state index < -0.39 is 0 Å². The molecule has 0 aliphatic heterocycles. The van der Waals surface area contributed by atoms with Gasteiger partial charge in [-0.25, -0.2) is 0 Å². The van der Waals surface area contributed by atoms with Gasteiger partial charge in [0.1, 0.15) is 11.5 Å². The maximum atomic E-state index is 11.7. The van der Waals surface area contributed by atoms with Gasteiger partial charge in [-0.1, -0.05) is 0 Å². The summed E-state index contributed by atoms with van der Waals surface area (Å²) >= 11 is 0. The zero-order valence-electron chi connectivity index (χ0n) is 9.41. The molecule has 0 bridgehead atoms. The van der Waals surface area contributed by atoms with E-state index in [4.69, 9.17) is 4.74 Å². The summed E-state index contributed by atoms with van der Waals surface area (Å²) in [6.45, 7) is 1.18. The number of likely N-dealkylation sites (N-methyl/N-ethyl adjacent to an activating group) is 1. The second-order valence-corrected chi connectivity index (χ2v) is 3.24. The highest BCUT2D eigenvalue weighted by Gasteiger charge is 2.11. The lowest BCUT2D eigenvalue weighted by Crippen LogP contribution is -2.30. The van der Waals surface area contributed by atoms with E-state index in [1.54, 1.807) is 13.1 Å². The Morgan fingerprint density at radius 2 is 2.19 bits per heavy atom. The number of hydrogen-bond acceptors (Lipinski definition) is 4. The molecule has 1 amide bonds. The van der Waals surface area contributed by atoms with Crippen molar-refractivity contribution in [2.45, 2.75) is 0 Å². The van der Waals surface area contributed by atoms with Gasteiger partial charge in [0, 0.05) is 13.1 Å². The zero-order chi connectivity index (χ0) is 12.0. The highest BCUT2D eigenvalue weighted by atomic mass is 16.5. The Bertz CT molecular complexity index is 366. The smallest absolute Gasteiger partial charge is 0.255 e. The van der Waals surface area contributed by atoms with Gasteiger partial charge in [0.25, 0.3) is 5.91 Å². The summed E-state index contributed by atoms with van der Waals surface area (Å²) in [6, 6.07) is 4.54. The molecule has 1 rings (SSSR count). The zero-order valence-corrected chi connectivity index (χ0v) is 9.41. The molecule has 88 valence electrons. The first-order valence-corrected chi connectivity index (χ1v) is 4.99. The second-order valence-electron chi connectivity index (χ2n) is 3.24. The minimum absolute atomic E-state index is 0.0530. The first-order chi connectivity index (χ1) is 7.69. The van der Waals surface area contributed by atoms with Crippen LogP contribution in [-0.4, -0.2) is 38.3 Å². The van der Waals surface area contributed by atoms with Crippen LogP contribution in [0.15, 0.2) is 18.2 Å². The number of benzene rings is 1. The number of methoxy groups -OCH3 is 1. The van der Waals surface area contributed by atoms with Crippen molar-refractivity contribution in [3.05, 3.63) is 23.8 Å². The van der Waals surface area contributed by atoms with Crippen LogP contribution in [0.3, 0.4) is 0 Å². The molecule has 0 saturated carbocycles. The SMILES string of the molecule is CNCCNC(=O)c1cc(OC)ccc1O. The summed E-state index contributed by atoms with van der Waals surface area (Å²) in [5.74, 6) is 0.172. The summed E-state index contributed by atoms with van der Waals surface area (Å²) in [6.07, 6.45) is 0. The molecular formula is C11H16N2O3. The summed E-state index contributed by atoms with van der Waals surface area (Å²) in [7, 11) is 3.31. The molecule has 0 unspecified atom stereocenters. The van der Waals surface area contributed by atoms with Crippen LogP contribution in [0.2, 0.25) is 0 Å². The number of phenols is 1. The third-order valence-electron chi connectivity index (χ3n) is 2.11. The monoisotopic (exact) mass is 224 g/mol. The molecule has 1 aromatic carbocycles. The summed E-state index contributed by atoms with van der Waals surface area (Å²) in [5, 5.41) is 15.1. The first kappa shape index (κ1) is 12.3. The van der Waals surface area contributed by atoms with Gasteiger partial charge in [-0.05, 0) is 25.2 Å². The number of rotatable bonds is 5. The number of amides is 1. The highest BCUT2D eigenvalue weighted by Crippen LogP contribution is 2.22. The molecule has 0 atom stereocenters. The third kappa shape index (κ3) is 3.13. The van der Waals surface area contributed by atoms with E-state index in [9.17, 15) is 9.90 Å². The Balaban J connectivity index is 2.73. The number of carbonyl (C=O) groups excluding carboxylic acids is 1. The Hall–Kier alpha value is -1.75.